The van der Waals surface area contributed by atoms with Gasteiger partial charge < -0.3 is 15.0 Å². The van der Waals surface area contributed by atoms with Crippen molar-refractivity contribution in [2.75, 3.05) is 11.9 Å². The average molecular weight is 384 g/mol. The van der Waals surface area contributed by atoms with E-state index >= 15 is 0 Å². The number of amides is 1. The first-order valence-electron chi connectivity index (χ1n) is 7.67. The summed E-state index contributed by atoms with van der Waals surface area (Å²) in [6.45, 7) is 0.706. The first-order chi connectivity index (χ1) is 12.0. The lowest BCUT2D eigenvalue weighted by Gasteiger charge is -2.12. The third kappa shape index (κ3) is 3.78. The summed E-state index contributed by atoms with van der Waals surface area (Å²) in [6.07, 6.45) is 2.52. The van der Waals surface area contributed by atoms with Crippen LogP contribution in [0.3, 0.4) is 0 Å². The molecular formula is C16H15Cl2N3O4. The van der Waals surface area contributed by atoms with Crippen molar-refractivity contribution >= 4 is 34.8 Å². The first-order valence-corrected chi connectivity index (χ1v) is 8.42. The lowest BCUT2D eigenvalue weighted by atomic mass is 10.2. The number of rotatable bonds is 4. The second kappa shape index (κ2) is 7.43. The van der Waals surface area contributed by atoms with Crippen molar-refractivity contribution in [1.29, 1.82) is 0 Å². The van der Waals surface area contributed by atoms with Gasteiger partial charge in [0.25, 0.3) is 11.5 Å². The van der Waals surface area contributed by atoms with Gasteiger partial charge in [-0.05, 0) is 25.0 Å². The quantitative estimate of drug-likeness (QED) is 0.846. The van der Waals surface area contributed by atoms with Crippen molar-refractivity contribution in [3.05, 3.63) is 60.8 Å². The van der Waals surface area contributed by atoms with Crippen LogP contribution in [-0.4, -0.2) is 28.2 Å². The summed E-state index contributed by atoms with van der Waals surface area (Å²) < 4.78 is 6.42. The Hall–Kier alpha value is -2.09. The largest absolute Gasteiger partial charge is 0.376 e. The van der Waals surface area contributed by atoms with Crippen LogP contribution in [0.15, 0.2) is 34.0 Å². The molecule has 0 saturated carbocycles. The maximum Gasteiger partial charge on any atom is 0.328 e. The predicted molar refractivity (Wildman–Crippen MR) is 94.7 cm³/mol. The summed E-state index contributed by atoms with van der Waals surface area (Å²) in [5, 5.41) is 2.97. The highest BCUT2D eigenvalue weighted by molar-refractivity contribution is 6.44. The maximum absolute atomic E-state index is 12.5. The van der Waals surface area contributed by atoms with Crippen LogP contribution in [0, 0.1) is 0 Å². The fraction of sp³-hybridized carbons (Fsp3) is 0.312. The summed E-state index contributed by atoms with van der Waals surface area (Å²) in [7, 11) is 0. The van der Waals surface area contributed by atoms with Crippen LogP contribution < -0.4 is 16.6 Å². The molecule has 132 valence electrons. The second-order valence-corrected chi connectivity index (χ2v) is 6.40. The maximum atomic E-state index is 12.5. The zero-order valence-corrected chi connectivity index (χ0v) is 14.6. The third-order valence-corrected chi connectivity index (χ3v) is 4.73. The Bertz CT molecular complexity index is 916. The normalized spacial score (nSPS) is 16.8. The Labute approximate surface area is 152 Å². The summed E-state index contributed by atoms with van der Waals surface area (Å²) in [5.74, 6) is -0.688. The molecular weight excluding hydrogens is 369 g/mol. The van der Waals surface area contributed by atoms with Crippen molar-refractivity contribution in [1.82, 2.24) is 9.55 Å². The van der Waals surface area contributed by atoms with Gasteiger partial charge >= 0.3 is 5.69 Å². The zero-order valence-electron chi connectivity index (χ0n) is 13.1. The number of ether oxygens (including phenoxy) is 1. The van der Waals surface area contributed by atoms with E-state index in [-0.39, 0.29) is 33.9 Å². The van der Waals surface area contributed by atoms with Crippen molar-refractivity contribution in [2.45, 2.75) is 25.5 Å². The first kappa shape index (κ1) is 17.7. The molecule has 0 radical (unpaired) electrons. The van der Waals surface area contributed by atoms with E-state index < -0.39 is 17.2 Å². The van der Waals surface area contributed by atoms with Crippen LogP contribution in [0.2, 0.25) is 10.0 Å². The van der Waals surface area contributed by atoms with E-state index in [0.717, 1.165) is 23.6 Å². The molecule has 9 heteroatoms. The molecule has 25 heavy (non-hydrogen) atoms. The number of benzene rings is 1. The highest BCUT2D eigenvalue weighted by Gasteiger charge is 2.21. The molecule has 0 aliphatic carbocycles. The summed E-state index contributed by atoms with van der Waals surface area (Å²) in [5.41, 5.74) is -1.20. The molecule has 1 atom stereocenters. The topological polar surface area (TPSA) is 93.2 Å². The minimum atomic E-state index is -0.688. The molecule has 3 rings (SSSR count). The van der Waals surface area contributed by atoms with Crippen LogP contribution in [0.1, 0.15) is 23.2 Å². The molecule has 0 bridgehead atoms. The fourth-order valence-electron chi connectivity index (χ4n) is 2.62. The molecule has 1 amide bonds. The Balaban J connectivity index is 1.89. The van der Waals surface area contributed by atoms with Crippen molar-refractivity contribution in [3.63, 3.8) is 0 Å². The number of carbonyl (C=O) groups is 1. The van der Waals surface area contributed by atoms with Gasteiger partial charge in [-0.15, -0.1) is 0 Å². The Morgan fingerprint density at radius 3 is 2.88 bits per heavy atom. The minimum Gasteiger partial charge on any atom is -0.376 e. The molecule has 2 heterocycles. The highest BCUT2D eigenvalue weighted by Crippen LogP contribution is 2.29. The van der Waals surface area contributed by atoms with Gasteiger partial charge in [-0.2, -0.15) is 0 Å². The van der Waals surface area contributed by atoms with Gasteiger partial charge in [0.15, 0.2) is 0 Å². The van der Waals surface area contributed by atoms with E-state index in [1.807, 2.05) is 0 Å². The lowest BCUT2D eigenvalue weighted by Crippen LogP contribution is -2.41. The Morgan fingerprint density at radius 2 is 2.16 bits per heavy atom. The second-order valence-electron chi connectivity index (χ2n) is 5.61. The standard InChI is InChI=1S/C16H15Cl2N3O4/c17-11-4-1-5-12(13(11)18)20-14(22)10-7-19-16(24)21(15(10)23)8-9-3-2-6-25-9/h1,4-5,7,9H,2-3,6,8H2,(H,19,24)(H,20,22). The lowest BCUT2D eigenvalue weighted by molar-refractivity contribution is 0.0941. The van der Waals surface area contributed by atoms with E-state index in [9.17, 15) is 14.4 Å². The number of nitrogens with one attached hydrogen (secondary N) is 2. The molecule has 1 fully saturated rings. The molecule has 1 saturated heterocycles. The number of H-pyrrole nitrogens is 1. The highest BCUT2D eigenvalue weighted by atomic mass is 35.5. The van der Waals surface area contributed by atoms with E-state index in [2.05, 4.69) is 10.3 Å². The summed E-state index contributed by atoms with van der Waals surface area (Å²) in [6, 6.07) is 4.75. The van der Waals surface area contributed by atoms with E-state index in [1.54, 1.807) is 18.2 Å². The van der Waals surface area contributed by atoms with E-state index in [0.29, 0.717) is 6.61 Å². The summed E-state index contributed by atoms with van der Waals surface area (Å²) >= 11 is 11.9. The third-order valence-electron chi connectivity index (χ3n) is 3.92. The molecule has 1 aliphatic rings. The Morgan fingerprint density at radius 1 is 1.36 bits per heavy atom. The van der Waals surface area contributed by atoms with E-state index in [4.69, 9.17) is 27.9 Å². The number of aromatic nitrogens is 2. The summed E-state index contributed by atoms with van der Waals surface area (Å²) in [4.78, 5) is 39.3. The number of carbonyl (C=O) groups excluding carboxylic acids is 1. The van der Waals surface area contributed by atoms with Gasteiger partial charge in [0.2, 0.25) is 0 Å². The SMILES string of the molecule is O=C(Nc1cccc(Cl)c1Cl)c1c[nH]c(=O)n(CC2CCCO2)c1=O. The average Bonchev–Trinajstić information content (AvgIpc) is 3.09. The number of anilines is 1. The smallest absolute Gasteiger partial charge is 0.328 e. The molecule has 1 aliphatic heterocycles. The molecule has 2 aromatic rings. The van der Waals surface area contributed by atoms with Crippen LogP contribution in [0.25, 0.3) is 0 Å². The number of hydrogen-bond acceptors (Lipinski definition) is 4. The molecule has 1 unspecified atom stereocenters. The van der Waals surface area contributed by atoms with Crippen molar-refractivity contribution in [3.8, 4) is 0 Å². The molecule has 7 nitrogen and oxygen atoms in total. The van der Waals surface area contributed by atoms with E-state index in [1.165, 1.54) is 0 Å². The monoisotopic (exact) mass is 383 g/mol. The Kier molecular flexibility index (Phi) is 5.27. The van der Waals surface area contributed by atoms with Gasteiger partial charge in [-0.1, -0.05) is 29.3 Å². The number of halogens is 2. The molecule has 0 spiro atoms. The number of aromatic amines is 1. The van der Waals surface area contributed by atoms with Gasteiger partial charge in [-0.25, -0.2) is 4.79 Å². The van der Waals surface area contributed by atoms with Crippen LogP contribution in [0.4, 0.5) is 5.69 Å². The molecule has 1 aromatic carbocycles. The number of nitrogens with zero attached hydrogens (tertiary/aromatic N) is 1. The zero-order chi connectivity index (χ0) is 18.0. The number of hydrogen-bond donors (Lipinski definition) is 2. The van der Waals surface area contributed by atoms with Gasteiger partial charge in [0.1, 0.15) is 5.56 Å². The fourth-order valence-corrected chi connectivity index (χ4v) is 2.97. The predicted octanol–water partition coefficient (Wildman–Crippen LogP) is 2.27. The van der Waals surface area contributed by atoms with Gasteiger partial charge in [-0.3, -0.25) is 14.2 Å². The molecule has 2 N–H and O–H groups in total. The van der Waals surface area contributed by atoms with Crippen molar-refractivity contribution < 1.29 is 9.53 Å². The minimum absolute atomic E-state index is 0.104. The van der Waals surface area contributed by atoms with Gasteiger partial charge in [0, 0.05) is 12.8 Å². The van der Waals surface area contributed by atoms with Crippen LogP contribution >= 0.6 is 23.2 Å². The van der Waals surface area contributed by atoms with Crippen LogP contribution in [-0.2, 0) is 11.3 Å². The van der Waals surface area contributed by atoms with Gasteiger partial charge in [0.05, 0.1) is 28.4 Å². The van der Waals surface area contributed by atoms with Crippen LogP contribution in [0.5, 0.6) is 0 Å². The molecule has 1 aromatic heterocycles. The van der Waals surface area contributed by atoms with Crippen molar-refractivity contribution in [2.24, 2.45) is 0 Å².